The van der Waals surface area contributed by atoms with Crippen molar-refractivity contribution < 1.29 is 9.50 Å². The van der Waals surface area contributed by atoms with Gasteiger partial charge in [0, 0.05) is 43.2 Å². The Balaban J connectivity index is 1.38. The second-order valence-corrected chi connectivity index (χ2v) is 8.21. The maximum absolute atomic E-state index is 15.0. The van der Waals surface area contributed by atoms with Crippen molar-refractivity contribution in [2.45, 2.75) is 31.1 Å². The number of halogens is 1. The zero-order chi connectivity index (χ0) is 20.2. The van der Waals surface area contributed by atoms with Crippen molar-refractivity contribution in [2.75, 3.05) is 18.5 Å². The van der Waals surface area contributed by atoms with Crippen LogP contribution in [0.3, 0.4) is 0 Å². The first-order chi connectivity index (χ1) is 14.0. The Labute approximate surface area is 168 Å². The second kappa shape index (κ2) is 6.52. The normalized spacial score (nSPS) is 28.0. The van der Waals surface area contributed by atoms with Crippen molar-refractivity contribution in [2.24, 2.45) is 5.92 Å². The molecule has 1 aliphatic heterocycles. The number of nitrogens with zero attached hydrogens (tertiary/aromatic N) is 5. The minimum Gasteiger partial charge on any atom is -0.507 e. The first kappa shape index (κ1) is 18.1. The van der Waals surface area contributed by atoms with E-state index in [0.717, 1.165) is 18.7 Å². The summed E-state index contributed by atoms with van der Waals surface area (Å²) in [7, 11) is 1.88. The lowest BCUT2D eigenvalue weighted by Crippen LogP contribution is -2.56. The molecule has 150 valence electrons. The third-order valence-electron chi connectivity index (χ3n) is 6.36. The van der Waals surface area contributed by atoms with E-state index in [4.69, 9.17) is 0 Å². The molecule has 4 atom stereocenters. The molecule has 0 spiro atoms. The van der Waals surface area contributed by atoms with Crippen LogP contribution in [0.5, 0.6) is 5.75 Å². The molecule has 0 unspecified atom stereocenters. The number of fused-ring (bicyclic) bond motifs is 2. The molecule has 2 N–H and O–H groups in total. The highest BCUT2D eigenvalue weighted by Gasteiger charge is 2.57. The molecular formula is C21H23FN6O. The molecule has 2 fully saturated rings. The monoisotopic (exact) mass is 394 g/mol. The van der Waals surface area contributed by atoms with Gasteiger partial charge in [0.05, 0.1) is 23.8 Å². The van der Waals surface area contributed by atoms with Crippen LogP contribution in [0.4, 0.5) is 10.2 Å². The van der Waals surface area contributed by atoms with Crippen LogP contribution in [0.15, 0.2) is 49.1 Å². The van der Waals surface area contributed by atoms with E-state index in [1.165, 1.54) is 0 Å². The third-order valence-corrected chi connectivity index (χ3v) is 6.36. The van der Waals surface area contributed by atoms with Crippen molar-refractivity contribution in [3.05, 3.63) is 49.1 Å². The van der Waals surface area contributed by atoms with Crippen molar-refractivity contribution >= 4 is 5.82 Å². The van der Waals surface area contributed by atoms with Crippen molar-refractivity contribution in [1.82, 2.24) is 25.1 Å². The van der Waals surface area contributed by atoms with Crippen molar-refractivity contribution in [3.63, 3.8) is 0 Å². The summed E-state index contributed by atoms with van der Waals surface area (Å²) in [5, 5.41) is 22.4. The lowest BCUT2D eigenvalue weighted by atomic mass is 9.96. The summed E-state index contributed by atoms with van der Waals surface area (Å²) >= 11 is 0. The summed E-state index contributed by atoms with van der Waals surface area (Å²) in [6.07, 6.45) is 5.05. The molecule has 2 aliphatic rings. The van der Waals surface area contributed by atoms with E-state index < -0.39 is 11.7 Å². The maximum Gasteiger partial charge on any atom is 0.151 e. The fourth-order valence-corrected chi connectivity index (χ4v) is 4.75. The van der Waals surface area contributed by atoms with E-state index in [1.54, 1.807) is 24.7 Å². The topological polar surface area (TPSA) is 79.1 Å². The van der Waals surface area contributed by atoms with Gasteiger partial charge < -0.3 is 19.9 Å². The van der Waals surface area contributed by atoms with Crippen LogP contribution >= 0.6 is 0 Å². The minimum atomic E-state index is -0.951. The first-order valence-corrected chi connectivity index (χ1v) is 9.74. The highest BCUT2D eigenvalue weighted by Crippen LogP contribution is 2.44. The van der Waals surface area contributed by atoms with E-state index in [1.807, 2.05) is 47.8 Å². The number of aromatic nitrogens is 4. The van der Waals surface area contributed by atoms with Gasteiger partial charge in [-0.2, -0.15) is 0 Å². The average molecular weight is 394 g/mol. The van der Waals surface area contributed by atoms with Gasteiger partial charge in [-0.25, -0.2) is 9.37 Å². The molecule has 3 heterocycles. The summed E-state index contributed by atoms with van der Waals surface area (Å²) in [4.78, 5) is 5.92. The molecule has 1 aromatic carbocycles. The lowest BCUT2D eigenvalue weighted by Gasteiger charge is -2.37. The largest absolute Gasteiger partial charge is 0.507 e. The number of aromatic hydroxyl groups is 1. The highest BCUT2D eigenvalue weighted by atomic mass is 19.1. The fourth-order valence-electron chi connectivity index (χ4n) is 4.75. The number of alkyl halides is 1. The van der Waals surface area contributed by atoms with Gasteiger partial charge in [0.25, 0.3) is 0 Å². The van der Waals surface area contributed by atoms with Crippen LogP contribution in [0.25, 0.3) is 16.9 Å². The Morgan fingerprint density at radius 2 is 2.14 bits per heavy atom. The van der Waals surface area contributed by atoms with E-state index in [-0.39, 0.29) is 17.7 Å². The maximum atomic E-state index is 15.0. The summed E-state index contributed by atoms with van der Waals surface area (Å²) in [5.74, 6) is 1.01. The first-order valence-electron chi connectivity index (χ1n) is 9.74. The number of phenols is 1. The number of anilines is 1. The molecule has 29 heavy (non-hydrogen) atoms. The number of rotatable bonds is 4. The zero-order valence-electron chi connectivity index (χ0n) is 16.3. The van der Waals surface area contributed by atoms with E-state index in [2.05, 4.69) is 20.5 Å². The molecular weight excluding hydrogens is 371 g/mol. The molecule has 3 aromatic rings. The smallest absolute Gasteiger partial charge is 0.151 e. The standard InChI is InChI=1S/C21H23FN6O/c1-21-10-13(11-24-21)19(20(21)22)27(2)18-6-5-16(25-26-18)15-4-3-14(9-17(15)29)28-8-7-23-12-28/h3-9,12-13,19-20,24,29H,10-11H2,1-2H3/t13-,19-,20-,21-/m1/s1. The van der Waals surface area contributed by atoms with Crippen LogP contribution < -0.4 is 10.2 Å². The van der Waals surface area contributed by atoms with Crippen LogP contribution in [-0.2, 0) is 0 Å². The molecule has 1 saturated carbocycles. The SMILES string of the molecule is CN(c1ccc(-c2ccc(-n3ccnc3)cc2O)nn1)[C@@H]1[C@H]2CN[C@](C)(C2)[C@@H]1F. The Bertz CT molecular complexity index is 1020. The van der Waals surface area contributed by atoms with Gasteiger partial charge in [-0.1, -0.05) is 0 Å². The van der Waals surface area contributed by atoms with Crippen molar-refractivity contribution in [3.8, 4) is 22.7 Å². The summed E-state index contributed by atoms with van der Waals surface area (Å²) in [5.41, 5.74) is 1.52. The second-order valence-electron chi connectivity index (χ2n) is 8.21. The van der Waals surface area contributed by atoms with Crippen molar-refractivity contribution in [1.29, 1.82) is 0 Å². The Kier molecular flexibility index (Phi) is 4.06. The molecule has 5 rings (SSSR count). The van der Waals surface area contributed by atoms with E-state index in [9.17, 15) is 9.50 Å². The fraction of sp³-hybridized carbons (Fsp3) is 0.381. The average Bonchev–Trinajstić information content (AvgIpc) is 3.43. The molecule has 2 bridgehead atoms. The van der Waals surface area contributed by atoms with Gasteiger partial charge in [-0.15, -0.1) is 10.2 Å². The number of benzene rings is 1. The molecule has 1 saturated heterocycles. The summed E-state index contributed by atoms with van der Waals surface area (Å²) in [6.45, 7) is 2.78. The van der Waals surface area contributed by atoms with Gasteiger partial charge in [-0.3, -0.25) is 0 Å². The summed E-state index contributed by atoms with van der Waals surface area (Å²) < 4.78 is 16.8. The Hall–Kier alpha value is -3.00. The molecule has 0 amide bonds. The number of hydrogen-bond donors (Lipinski definition) is 2. The summed E-state index contributed by atoms with van der Waals surface area (Å²) in [6, 6.07) is 8.79. The van der Waals surface area contributed by atoms with Gasteiger partial charge >= 0.3 is 0 Å². The molecule has 7 nitrogen and oxygen atoms in total. The highest BCUT2D eigenvalue weighted by molar-refractivity contribution is 5.69. The van der Waals surface area contributed by atoms with Gasteiger partial charge in [-0.05, 0) is 43.5 Å². The number of hydrogen-bond acceptors (Lipinski definition) is 6. The molecule has 0 radical (unpaired) electrons. The molecule has 2 aromatic heterocycles. The third kappa shape index (κ3) is 2.86. The van der Waals surface area contributed by atoms with Crippen LogP contribution in [0.1, 0.15) is 13.3 Å². The lowest BCUT2D eigenvalue weighted by molar-refractivity contribution is 0.163. The predicted octanol–water partition coefficient (Wildman–Crippen LogP) is 2.56. The number of piperidine rings is 1. The molecule has 8 heteroatoms. The van der Waals surface area contributed by atoms with E-state index >= 15 is 0 Å². The number of phenolic OH excluding ortho intramolecular Hbond substituents is 1. The predicted molar refractivity (Wildman–Crippen MR) is 108 cm³/mol. The minimum absolute atomic E-state index is 0.113. The van der Waals surface area contributed by atoms with Crippen LogP contribution in [-0.4, -0.2) is 56.2 Å². The van der Waals surface area contributed by atoms with Crippen LogP contribution in [0.2, 0.25) is 0 Å². The quantitative estimate of drug-likeness (QED) is 0.708. The number of imidazole rings is 1. The van der Waals surface area contributed by atoms with Gasteiger partial charge in [0.15, 0.2) is 5.82 Å². The Morgan fingerprint density at radius 1 is 1.28 bits per heavy atom. The van der Waals surface area contributed by atoms with E-state index in [0.29, 0.717) is 17.1 Å². The van der Waals surface area contributed by atoms with Crippen LogP contribution in [0, 0.1) is 5.92 Å². The van der Waals surface area contributed by atoms with Gasteiger partial charge in [0.2, 0.25) is 0 Å². The van der Waals surface area contributed by atoms with Gasteiger partial charge in [0.1, 0.15) is 11.9 Å². The zero-order valence-corrected chi connectivity index (χ0v) is 16.3. The molecule has 1 aliphatic carbocycles. The number of nitrogens with one attached hydrogen (secondary N) is 1. The Morgan fingerprint density at radius 3 is 2.76 bits per heavy atom.